The van der Waals surface area contributed by atoms with E-state index in [0.717, 1.165) is 33.2 Å². The number of aliphatic hydroxyl groups excluding tert-OH is 1. The first kappa shape index (κ1) is 21.9. The normalized spacial score (nSPS) is 13.0. The molecule has 1 aliphatic heterocycles. The van der Waals surface area contributed by atoms with Crippen LogP contribution in [0.4, 0.5) is 0 Å². The number of carbonyl (C=O) groups excluding carboxylic acids is 1. The molecule has 0 saturated carbocycles. The van der Waals surface area contributed by atoms with Gasteiger partial charge >= 0.3 is 0 Å². The Morgan fingerprint density at radius 3 is 2.65 bits per heavy atom. The fourth-order valence-electron chi connectivity index (χ4n) is 4.89. The van der Waals surface area contributed by atoms with E-state index in [1.54, 1.807) is 26.4 Å². The molecule has 5 rings (SSSR count). The summed E-state index contributed by atoms with van der Waals surface area (Å²) in [5, 5.41) is 11.6. The van der Waals surface area contributed by atoms with E-state index >= 15 is 0 Å². The van der Waals surface area contributed by atoms with Crippen molar-refractivity contribution in [2.24, 2.45) is 5.73 Å². The molecule has 1 aromatic heterocycles. The van der Waals surface area contributed by atoms with Gasteiger partial charge in [0.05, 0.1) is 20.8 Å². The van der Waals surface area contributed by atoms with Crippen molar-refractivity contribution in [1.29, 1.82) is 0 Å². The van der Waals surface area contributed by atoms with Crippen LogP contribution in [0.25, 0.3) is 22.0 Å². The number of benzene rings is 3. The number of para-hydroxylation sites is 1. The molecule has 1 aliphatic rings. The molecule has 0 spiro atoms. The molecule has 34 heavy (non-hydrogen) atoms. The van der Waals surface area contributed by atoms with E-state index in [4.69, 9.17) is 19.9 Å². The summed E-state index contributed by atoms with van der Waals surface area (Å²) in [4.78, 5) is 15.8. The lowest BCUT2D eigenvalue weighted by Crippen LogP contribution is -2.21. The Balaban J connectivity index is 1.71. The Labute approximate surface area is 197 Å². The predicted molar refractivity (Wildman–Crippen MR) is 130 cm³/mol. The minimum Gasteiger partial charge on any atom is -0.493 e. The van der Waals surface area contributed by atoms with Gasteiger partial charge < -0.3 is 30.0 Å². The van der Waals surface area contributed by atoms with Crippen molar-refractivity contribution in [3.05, 3.63) is 77.0 Å². The van der Waals surface area contributed by atoms with Gasteiger partial charge in [0, 0.05) is 39.7 Å². The van der Waals surface area contributed by atoms with E-state index in [-0.39, 0.29) is 12.5 Å². The summed E-state index contributed by atoms with van der Waals surface area (Å²) in [6.07, 6.45) is 2.46. The number of amides is 1. The van der Waals surface area contributed by atoms with Crippen molar-refractivity contribution < 1.29 is 24.1 Å². The van der Waals surface area contributed by atoms with E-state index in [1.165, 1.54) is 0 Å². The van der Waals surface area contributed by atoms with Crippen LogP contribution in [0, 0.1) is 0 Å². The molecule has 0 radical (unpaired) electrons. The van der Waals surface area contributed by atoms with Gasteiger partial charge in [0.1, 0.15) is 12.4 Å². The Kier molecular flexibility index (Phi) is 5.63. The first-order valence-electron chi connectivity index (χ1n) is 11.1. The molecular weight excluding hydrogens is 432 g/mol. The number of hydrogen-bond acceptors (Lipinski definition) is 5. The van der Waals surface area contributed by atoms with E-state index < -0.39 is 5.91 Å². The number of methoxy groups -OCH3 is 2. The minimum absolute atomic E-state index is 0.168. The van der Waals surface area contributed by atoms with Gasteiger partial charge in [-0.05, 0) is 53.4 Å². The Bertz CT molecular complexity index is 1390. The molecule has 1 amide bonds. The summed E-state index contributed by atoms with van der Waals surface area (Å²) in [5.41, 5.74) is 11.4. The van der Waals surface area contributed by atoms with Crippen LogP contribution in [0.15, 0.2) is 54.7 Å². The number of H-pyrrole nitrogens is 1. The fraction of sp³-hybridized carbons (Fsp3) is 0.222. The van der Waals surface area contributed by atoms with E-state index in [9.17, 15) is 9.90 Å². The number of ether oxygens (including phenoxy) is 3. The van der Waals surface area contributed by atoms with Crippen LogP contribution in [-0.2, 0) is 13.0 Å². The number of primary amides is 1. The van der Waals surface area contributed by atoms with Crippen LogP contribution in [-0.4, -0.2) is 36.8 Å². The number of fused-ring (bicyclic) bond motifs is 4. The van der Waals surface area contributed by atoms with Gasteiger partial charge in [-0.2, -0.15) is 0 Å². The van der Waals surface area contributed by atoms with Gasteiger partial charge in [-0.1, -0.05) is 18.2 Å². The van der Waals surface area contributed by atoms with Gasteiger partial charge in [0.25, 0.3) is 0 Å². The summed E-state index contributed by atoms with van der Waals surface area (Å²) < 4.78 is 17.1. The van der Waals surface area contributed by atoms with Crippen LogP contribution < -0.4 is 19.9 Å². The molecule has 174 valence electrons. The molecule has 3 aromatic carbocycles. The maximum absolute atomic E-state index is 12.5. The van der Waals surface area contributed by atoms with Crippen LogP contribution in [0.3, 0.4) is 0 Å². The van der Waals surface area contributed by atoms with Crippen molar-refractivity contribution in [2.45, 2.75) is 18.9 Å². The smallest absolute Gasteiger partial charge is 0.249 e. The highest BCUT2D eigenvalue weighted by Gasteiger charge is 2.30. The molecule has 0 fully saturated rings. The zero-order chi connectivity index (χ0) is 23.8. The molecule has 7 heteroatoms. The highest BCUT2D eigenvalue weighted by Crippen LogP contribution is 2.47. The van der Waals surface area contributed by atoms with Crippen molar-refractivity contribution >= 4 is 16.8 Å². The number of nitrogens with two attached hydrogens (primary N) is 1. The Morgan fingerprint density at radius 1 is 1.15 bits per heavy atom. The van der Waals surface area contributed by atoms with Crippen LogP contribution in [0.2, 0.25) is 0 Å². The van der Waals surface area contributed by atoms with Crippen LogP contribution in [0.5, 0.6) is 17.2 Å². The van der Waals surface area contributed by atoms with Crippen molar-refractivity contribution in [3.8, 4) is 28.4 Å². The van der Waals surface area contributed by atoms with Gasteiger partial charge in [-0.15, -0.1) is 0 Å². The highest BCUT2D eigenvalue weighted by atomic mass is 16.5. The molecule has 4 N–H and O–H groups in total. The Morgan fingerprint density at radius 2 is 1.91 bits per heavy atom. The summed E-state index contributed by atoms with van der Waals surface area (Å²) in [7, 11) is 3.17. The molecule has 4 aromatic rings. The lowest BCUT2D eigenvalue weighted by molar-refractivity contribution is 0.0998. The van der Waals surface area contributed by atoms with Crippen molar-refractivity contribution in [1.82, 2.24) is 4.98 Å². The third-order valence-corrected chi connectivity index (χ3v) is 6.50. The largest absolute Gasteiger partial charge is 0.493 e. The average Bonchev–Trinajstić information content (AvgIpc) is 3.28. The first-order valence-corrected chi connectivity index (χ1v) is 11.1. The van der Waals surface area contributed by atoms with Crippen LogP contribution in [0.1, 0.15) is 33.0 Å². The summed E-state index contributed by atoms with van der Waals surface area (Å²) >= 11 is 0. The number of aromatic nitrogens is 1. The third-order valence-electron chi connectivity index (χ3n) is 6.50. The SMILES string of the molecule is COc1cc2c(cc1OC)-c1c(ccc(C(N)=O)c1[C@H](CO)Cc1c[nH]c3ccccc13)OC2. The molecule has 0 saturated heterocycles. The molecule has 0 aliphatic carbocycles. The number of carbonyl (C=O) groups is 1. The van der Waals surface area contributed by atoms with E-state index in [2.05, 4.69) is 4.98 Å². The zero-order valence-electron chi connectivity index (χ0n) is 19.1. The fourth-order valence-corrected chi connectivity index (χ4v) is 4.89. The molecular formula is C27H26N2O5. The van der Waals surface area contributed by atoms with Gasteiger partial charge in [-0.25, -0.2) is 0 Å². The van der Waals surface area contributed by atoms with Gasteiger partial charge in [0.2, 0.25) is 5.91 Å². The summed E-state index contributed by atoms with van der Waals surface area (Å²) in [6.45, 7) is 0.184. The first-order chi connectivity index (χ1) is 16.5. The number of hydrogen-bond donors (Lipinski definition) is 3. The second-order valence-electron chi connectivity index (χ2n) is 8.36. The van der Waals surface area contributed by atoms with Crippen molar-refractivity contribution in [3.63, 3.8) is 0 Å². The highest BCUT2D eigenvalue weighted by molar-refractivity contribution is 5.98. The second kappa shape index (κ2) is 8.76. The summed E-state index contributed by atoms with van der Waals surface area (Å²) in [6, 6.07) is 15.2. The number of aliphatic hydroxyl groups is 1. The second-order valence-corrected chi connectivity index (χ2v) is 8.36. The lowest BCUT2D eigenvalue weighted by atomic mass is 9.81. The standard InChI is InChI=1S/C27H26N2O5/c1-32-23-10-17-14-34-22-8-7-19(27(28)31)25(26(22)20(17)11-24(23)33-2)16(13-30)9-15-12-29-21-6-4-3-5-18(15)21/h3-8,10-12,16,29-30H,9,13-14H2,1-2H3,(H2,28,31)/t16-/m0/s1. The van der Waals surface area contributed by atoms with Gasteiger partial charge in [0.15, 0.2) is 11.5 Å². The maximum atomic E-state index is 12.5. The maximum Gasteiger partial charge on any atom is 0.249 e. The van der Waals surface area contributed by atoms with E-state index in [0.29, 0.717) is 41.4 Å². The Hall–Kier alpha value is -3.97. The summed E-state index contributed by atoms with van der Waals surface area (Å²) in [5.74, 6) is 0.860. The quantitative estimate of drug-likeness (QED) is 0.386. The molecule has 7 nitrogen and oxygen atoms in total. The predicted octanol–water partition coefficient (Wildman–Crippen LogP) is 4.16. The zero-order valence-corrected chi connectivity index (χ0v) is 19.1. The van der Waals surface area contributed by atoms with E-state index in [1.807, 2.05) is 42.6 Å². The molecule has 0 unspecified atom stereocenters. The molecule has 1 atom stereocenters. The molecule has 2 heterocycles. The van der Waals surface area contributed by atoms with Gasteiger partial charge in [-0.3, -0.25) is 4.79 Å². The monoisotopic (exact) mass is 458 g/mol. The van der Waals surface area contributed by atoms with Crippen molar-refractivity contribution in [2.75, 3.05) is 20.8 Å². The average molecular weight is 459 g/mol. The minimum atomic E-state index is -0.553. The topological polar surface area (TPSA) is 107 Å². The van der Waals surface area contributed by atoms with Crippen LogP contribution >= 0.6 is 0 Å². The number of nitrogens with one attached hydrogen (secondary N) is 1. The molecule has 0 bridgehead atoms. The third kappa shape index (κ3) is 3.54. The number of rotatable bonds is 7. The lowest BCUT2D eigenvalue weighted by Gasteiger charge is -2.28. The number of aromatic amines is 1.